The Kier molecular flexibility index (Phi) is 12.6. The Bertz CT molecular complexity index is 676. The van der Waals surface area contributed by atoms with Crippen molar-refractivity contribution in [3.05, 3.63) is 0 Å². The van der Waals surface area contributed by atoms with Gasteiger partial charge in [0.05, 0.1) is 34.2 Å². The van der Waals surface area contributed by atoms with E-state index in [9.17, 15) is 10.5 Å². The molecule has 2 N–H and O–H groups in total. The van der Waals surface area contributed by atoms with Gasteiger partial charge in [-0.15, -0.1) is 0 Å². The summed E-state index contributed by atoms with van der Waals surface area (Å²) in [5.41, 5.74) is 3.67. The van der Waals surface area contributed by atoms with E-state index in [0.29, 0.717) is 0 Å². The van der Waals surface area contributed by atoms with Gasteiger partial charge in [-0.05, 0) is 47.3 Å². The summed E-state index contributed by atoms with van der Waals surface area (Å²) in [6.07, 6.45) is 0. The van der Waals surface area contributed by atoms with Crippen LogP contribution in [0.1, 0.15) is 111 Å². The summed E-state index contributed by atoms with van der Waals surface area (Å²) >= 11 is 0. The van der Waals surface area contributed by atoms with Crippen molar-refractivity contribution < 1.29 is 9.05 Å². The predicted molar refractivity (Wildman–Crippen MR) is 154 cm³/mol. The van der Waals surface area contributed by atoms with Crippen LogP contribution in [0.3, 0.4) is 0 Å². The normalized spacial score (nSPS) is 14.4. The lowest BCUT2D eigenvalue weighted by atomic mass is 9.53. The molecule has 0 atom stereocenters. The van der Waals surface area contributed by atoms with E-state index in [4.69, 9.17) is 14.6 Å². The summed E-state index contributed by atoms with van der Waals surface area (Å²) in [6, 6.07) is 5.46. The van der Waals surface area contributed by atoms with Crippen LogP contribution in [0, 0.1) is 80.8 Å². The first-order chi connectivity index (χ1) is 16.3. The zero-order chi connectivity index (χ0) is 29.0. The van der Waals surface area contributed by atoms with Gasteiger partial charge in [0.1, 0.15) is 0 Å². The van der Waals surface area contributed by atoms with Crippen molar-refractivity contribution >= 4 is 8.53 Å². The molecule has 0 aromatic rings. The topological polar surface area (TPSA) is 92.1 Å². The maximum absolute atomic E-state index is 10.7. The first-order valence-electron chi connectivity index (χ1n) is 14.0. The quantitative estimate of drug-likeness (QED) is 0.229. The molecule has 36 heavy (non-hydrogen) atoms. The Labute approximate surface area is 225 Å². The molecule has 0 aliphatic rings. The van der Waals surface area contributed by atoms with Crippen molar-refractivity contribution in [2.75, 3.05) is 0 Å². The van der Waals surface area contributed by atoms with Gasteiger partial charge in [-0.1, -0.05) is 111 Å². The van der Waals surface area contributed by atoms with E-state index in [-0.39, 0.29) is 47.3 Å². The average Bonchev–Trinajstić information content (AvgIpc) is 2.71. The number of nitrogens with zero attached hydrogens (tertiary/aromatic N) is 2. The first kappa shape index (κ1) is 35.3. The van der Waals surface area contributed by atoms with Gasteiger partial charge in [-0.25, -0.2) is 0 Å². The van der Waals surface area contributed by atoms with E-state index >= 15 is 0 Å². The molecule has 0 amide bonds. The minimum Gasteiger partial charge on any atom is -0.313 e. The van der Waals surface area contributed by atoms with E-state index in [1.165, 1.54) is 0 Å². The number of nitriles is 2. The SMILES string of the molecule is CC(C)C(C#N)(C(C)C)C(OP(N)OC(C(C)C)(C(C)C)C(C#N)(C(C)C)C(C)C)(C(C)C)C(C)C. The van der Waals surface area contributed by atoms with Crippen LogP contribution in [0.15, 0.2) is 0 Å². The Morgan fingerprint density at radius 3 is 0.778 bits per heavy atom. The Balaban J connectivity index is 7.27. The van der Waals surface area contributed by atoms with Gasteiger partial charge in [-0.2, -0.15) is 10.5 Å². The second kappa shape index (κ2) is 12.9. The maximum atomic E-state index is 10.7. The lowest BCUT2D eigenvalue weighted by Gasteiger charge is -2.58. The largest absolute Gasteiger partial charge is 0.313 e. The zero-order valence-electron chi connectivity index (χ0n) is 26.4. The smallest absolute Gasteiger partial charge is 0.254 e. The van der Waals surface area contributed by atoms with Crippen molar-refractivity contribution in [2.24, 2.45) is 63.7 Å². The minimum atomic E-state index is -1.93. The van der Waals surface area contributed by atoms with Crippen LogP contribution >= 0.6 is 8.53 Å². The second-order valence-corrected chi connectivity index (χ2v) is 14.2. The summed E-state index contributed by atoms with van der Waals surface area (Å²) in [4.78, 5) is 0. The monoisotopic (exact) mass is 523 g/mol. The molecule has 0 spiro atoms. The maximum Gasteiger partial charge on any atom is 0.254 e. The highest BCUT2D eigenvalue weighted by atomic mass is 31.2. The number of hydrogen-bond donors (Lipinski definition) is 1. The molecule has 0 bridgehead atoms. The number of rotatable bonds is 14. The molecule has 6 heteroatoms. The Morgan fingerprint density at radius 1 is 0.472 bits per heavy atom. The van der Waals surface area contributed by atoms with Crippen LogP contribution in [0.5, 0.6) is 0 Å². The Hall–Kier alpha value is -0.710. The fourth-order valence-corrected chi connectivity index (χ4v) is 9.74. The number of nitrogens with two attached hydrogens (primary N) is 1. The highest BCUT2D eigenvalue weighted by molar-refractivity contribution is 7.44. The molecule has 0 saturated heterocycles. The van der Waals surface area contributed by atoms with Gasteiger partial charge in [0.2, 0.25) is 0 Å². The van der Waals surface area contributed by atoms with Crippen LogP contribution in [0.2, 0.25) is 0 Å². The van der Waals surface area contributed by atoms with Crippen LogP contribution in [-0.2, 0) is 9.05 Å². The van der Waals surface area contributed by atoms with Gasteiger partial charge in [0, 0.05) is 0 Å². The third kappa shape index (κ3) is 5.25. The van der Waals surface area contributed by atoms with E-state index < -0.39 is 30.6 Å². The number of hydrogen-bond acceptors (Lipinski definition) is 5. The van der Waals surface area contributed by atoms with Crippen molar-refractivity contribution in [2.45, 2.75) is 122 Å². The molecule has 0 aliphatic carbocycles. The molecule has 0 aliphatic heterocycles. The second-order valence-electron chi connectivity index (χ2n) is 13.3. The van der Waals surface area contributed by atoms with Gasteiger partial charge < -0.3 is 9.05 Å². The van der Waals surface area contributed by atoms with E-state index in [2.05, 4.69) is 123 Å². The summed E-state index contributed by atoms with van der Waals surface area (Å²) in [7, 11) is -1.93. The molecule has 0 rings (SSSR count). The molecule has 5 nitrogen and oxygen atoms in total. The third-order valence-corrected chi connectivity index (χ3v) is 10.2. The van der Waals surface area contributed by atoms with Crippen molar-refractivity contribution in [3.8, 4) is 12.1 Å². The van der Waals surface area contributed by atoms with Gasteiger partial charge >= 0.3 is 0 Å². The van der Waals surface area contributed by atoms with Crippen LogP contribution in [0.4, 0.5) is 0 Å². The van der Waals surface area contributed by atoms with Crippen LogP contribution < -0.4 is 5.50 Å². The van der Waals surface area contributed by atoms with E-state index in [0.717, 1.165) is 0 Å². The molecule has 0 fully saturated rings. The molecular weight excluding hydrogens is 465 g/mol. The fourth-order valence-electron chi connectivity index (χ4n) is 7.96. The molecule has 0 radical (unpaired) electrons. The third-order valence-electron chi connectivity index (χ3n) is 9.22. The van der Waals surface area contributed by atoms with Gasteiger partial charge in [0.25, 0.3) is 8.53 Å². The molecule has 0 heterocycles. The first-order valence-corrected chi connectivity index (χ1v) is 15.3. The summed E-state index contributed by atoms with van der Waals surface area (Å²) in [5.74, 6) is 0.232. The van der Waals surface area contributed by atoms with Crippen molar-refractivity contribution in [1.29, 1.82) is 10.5 Å². The molecular formula is C30H58N3O2P. The lowest BCUT2D eigenvalue weighted by Crippen LogP contribution is -2.63. The lowest BCUT2D eigenvalue weighted by molar-refractivity contribution is -0.172. The standard InChI is InChI=1S/C30H58N3O2P/c1-19(2)27(17-31,20(3)4)29(23(9)10,24(11)12)34-36(33)35-30(25(13)14,26(15)16)28(18-32,21(5)6)22(7)8/h19-26H,33H2,1-16H3. The van der Waals surface area contributed by atoms with Crippen molar-refractivity contribution in [3.63, 3.8) is 0 Å². The molecule has 0 aromatic carbocycles. The van der Waals surface area contributed by atoms with Crippen LogP contribution in [-0.4, -0.2) is 11.2 Å². The molecule has 0 saturated carbocycles. The summed E-state index contributed by atoms with van der Waals surface area (Å²) < 4.78 is 14.0. The highest BCUT2D eigenvalue weighted by Crippen LogP contribution is 2.62. The van der Waals surface area contributed by atoms with Gasteiger partial charge in [-0.3, -0.25) is 5.50 Å². The summed E-state index contributed by atoms with van der Waals surface area (Å²) in [5, 5.41) is 21.5. The molecule has 0 unspecified atom stereocenters. The fraction of sp³-hybridized carbons (Fsp3) is 0.933. The zero-order valence-corrected chi connectivity index (χ0v) is 27.2. The molecule has 0 aromatic heterocycles. The van der Waals surface area contributed by atoms with E-state index in [1.54, 1.807) is 0 Å². The Morgan fingerprint density at radius 2 is 0.667 bits per heavy atom. The minimum absolute atomic E-state index is 0.0162. The van der Waals surface area contributed by atoms with Crippen LogP contribution in [0.25, 0.3) is 0 Å². The van der Waals surface area contributed by atoms with Gasteiger partial charge in [0.15, 0.2) is 0 Å². The van der Waals surface area contributed by atoms with Crippen molar-refractivity contribution in [1.82, 2.24) is 0 Å². The molecule has 210 valence electrons. The predicted octanol–water partition coefficient (Wildman–Crippen LogP) is 8.95. The summed E-state index contributed by atoms with van der Waals surface area (Å²) in [6.45, 7) is 33.9. The van der Waals surface area contributed by atoms with E-state index in [1.807, 2.05) is 0 Å². The highest BCUT2D eigenvalue weighted by Gasteiger charge is 2.64. The average molecular weight is 524 g/mol.